The van der Waals surface area contributed by atoms with Crippen molar-refractivity contribution in [2.75, 3.05) is 13.1 Å². The quantitative estimate of drug-likeness (QED) is 0.835. The van der Waals surface area contributed by atoms with Gasteiger partial charge in [-0.05, 0) is 32.3 Å². The molecule has 1 amide bonds. The maximum atomic E-state index is 12.2. The van der Waals surface area contributed by atoms with Crippen molar-refractivity contribution in [3.63, 3.8) is 0 Å². The highest BCUT2D eigenvalue weighted by atomic mass is 16.6. The second-order valence-electron chi connectivity index (χ2n) is 5.94. The molecule has 1 aliphatic heterocycles. The summed E-state index contributed by atoms with van der Waals surface area (Å²) in [6.07, 6.45) is 2.86. The van der Waals surface area contributed by atoms with Gasteiger partial charge in [0.1, 0.15) is 0 Å². The van der Waals surface area contributed by atoms with Crippen LogP contribution in [0.15, 0.2) is 29.4 Å². The van der Waals surface area contributed by atoms with E-state index in [1.165, 1.54) is 5.56 Å². The molecule has 1 heterocycles. The maximum absolute atomic E-state index is 12.2. The third-order valence-corrected chi connectivity index (χ3v) is 4.23. The van der Waals surface area contributed by atoms with Crippen LogP contribution in [0, 0.1) is 12.8 Å². The molecule has 1 aromatic rings. The predicted octanol–water partition coefficient (Wildman–Crippen LogP) is 2.75. The van der Waals surface area contributed by atoms with E-state index < -0.39 is 0 Å². The molecule has 4 heteroatoms. The number of nitrogens with zero attached hydrogens (tertiary/aromatic N) is 2. The fraction of sp³-hybridized carbons (Fsp3) is 0.529. The summed E-state index contributed by atoms with van der Waals surface area (Å²) in [6.45, 7) is 5.50. The second-order valence-corrected chi connectivity index (χ2v) is 5.94. The number of hydrogen-bond donors (Lipinski definition) is 0. The Morgan fingerprint density at radius 3 is 2.81 bits per heavy atom. The van der Waals surface area contributed by atoms with Gasteiger partial charge in [0, 0.05) is 24.4 Å². The van der Waals surface area contributed by atoms with Crippen LogP contribution in [0.3, 0.4) is 0 Å². The molecule has 0 bridgehead atoms. The van der Waals surface area contributed by atoms with Gasteiger partial charge in [-0.2, -0.15) is 0 Å². The number of likely N-dealkylation sites (N-methyl/N-ethyl adjacent to an activating group) is 1. The predicted molar refractivity (Wildman–Crippen MR) is 82.2 cm³/mol. The Morgan fingerprint density at radius 1 is 1.38 bits per heavy atom. The Bertz CT molecular complexity index is 564. The van der Waals surface area contributed by atoms with Gasteiger partial charge in [-0.25, -0.2) is 0 Å². The normalized spacial score (nSPS) is 20.9. The van der Waals surface area contributed by atoms with E-state index in [-0.39, 0.29) is 17.9 Å². The molecule has 21 heavy (non-hydrogen) atoms. The first-order valence-electron chi connectivity index (χ1n) is 7.76. The first-order chi connectivity index (χ1) is 10.2. The SMILES string of the molecule is CCN(C[C@@H]1CC(c2ccccc2C)=NO1)C(=O)C1CC1. The lowest BCUT2D eigenvalue weighted by molar-refractivity contribution is -0.134. The van der Waals surface area contributed by atoms with Gasteiger partial charge < -0.3 is 9.74 Å². The molecule has 2 aliphatic rings. The van der Waals surface area contributed by atoms with Gasteiger partial charge in [0.2, 0.25) is 5.91 Å². The highest BCUT2D eigenvalue weighted by molar-refractivity contribution is 6.02. The highest BCUT2D eigenvalue weighted by Gasteiger charge is 2.35. The zero-order chi connectivity index (χ0) is 14.8. The highest BCUT2D eigenvalue weighted by Crippen LogP contribution is 2.31. The van der Waals surface area contributed by atoms with Gasteiger partial charge in [0.25, 0.3) is 0 Å². The van der Waals surface area contributed by atoms with Crippen LogP contribution >= 0.6 is 0 Å². The third kappa shape index (κ3) is 3.09. The fourth-order valence-electron chi connectivity index (χ4n) is 2.79. The van der Waals surface area contributed by atoms with Crippen LogP contribution in [-0.4, -0.2) is 35.7 Å². The van der Waals surface area contributed by atoms with Gasteiger partial charge >= 0.3 is 0 Å². The summed E-state index contributed by atoms with van der Waals surface area (Å²) >= 11 is 0. The number of carbonyl (C=O) groups excluding carboxylic acids is 1. The standard InChI is InChI=1S/C17H22N2O2/c1-3-19(17(20)13-8-9-13)11-14-10-16(18-21-14)15-7-5-4-6-12(15)2/h4-7,13-14H,3,8-11H2,1-2H3/t14-/m0/s1. The van der Waals surface area contributed by atoms with Gasteiger partial charge in [0.05, 0.1) is 12.3 Å². The molecule has 1 fully saturated rings. The molecule has 112 valence electrons. The van der Waals surface area contributed by atoms with Crippen molar-refractivity contribution in [3.05, 3.63) is 35.4 Å². The Balaban J connectivity index is 1.61. The van der Waals surface area contributed by atoms with E-state index in [9.17, 15) is 4.79 Å². The van der Waals surface area contributed by atoms with E-state index in [4.69, 9.17) is 4.84 Å². The van der Waals surface area contributed by atoms with Crippen LogP contribution in [0.1, 0.15) is 37.3 Å². The average Bonchev–Trinajstić information content (AvgIpc) is 3.24. The molecule has 0 unspecified atom stereocenters. The first kappa shape index (κ1) is 14.1. The Labute approximate surface area is 125 Å². The monoisotopic (exact) mass is 286 g/mol. The minimum Gasteiger partial charge on any atom is -0.390 e. The van der Waals surface area contributed by atoms with Crippen molar-refractivity contribution >= 4 is 11.6 Å². The van der Waals surface area contributed by atoms with E-state index >= 15 is 0 Å². The largest absolute Gasteiger partial charge is 0.390 e. The summed E-state index contributed by atoms with van der Waals surface area (Å²) in [7, 11) is 0. The van der Waals surface area contributed by atoms with E-state index in [1.54, 1.807) is 0 Å². The molecule has 0 saturated heterocycles. The molecule has 0 radical (unpaired) electrons. The maximum Gasteiger partial charge on any atom is 0.225 e. The van der Waals surface area contributed by atoms with E-state index in [0.717, 1.165) is 37.1 Å². The summed E-state index contributed by atoms with van der Waals surface area (Å²) in [5.41, 5.74) is 3.35. The van der Waals surface area contributed by atoms with Crippen LogP contribution in [0.25, 0.3) is 0 Å². The number of aryl methyl sites for hydroxylation is 1. The second kappa shape index (κ2) is 5.88. The van der Waals surface area contributed by atoms with Crippen LogP contribution in [0.2, 0.25) is 0 Å². The Kier molecular flexibility index (Phi) is 3.95. The van der Waals surface area contributed by atoms with Crippen molar-refractivity contribution in [1.82, 2.24) is 4.90 Å². The molecule has 1 aromatic carbocycles. The fourth-order valence-corrected chi connectivity index (χ4v) is 2.79. The number of rotatable bonds is 5. The van der Waals surface area contributed by atoms with Crippen LogP contribution in [0.5, 0.6) is 0 Å². The molecule has 0 N–H and O–H groups in total. The number of amides is 1. The zero-order valence-corrected chi connectivity index (χ0v) is 12.7. The first-order valence-corrected chi connectivity index (χ1v) is 7.76. The van der Waals surface area contributed by atoms with Gasteiger partial charge in [0.15, 0.2) is 6.10 Å². The topological polar surface area (TPSA) is 41.9 Å². The van der Waals surface area contributed by atoms with Crippen molar-refractivity contribution in [2.24, 2.45) is 11.1 Å². The van der Waals surface area contributed by atoms with Crippen LogP contribution < -0.4 is 0 Å². The third-order valence-electron chi connectivity index (χ3n) is 4.23. The molecule has 1 saturated carbocycles. The van der Waals surface area contributed by atoms with Crippen LogP contribution in [-0.2, 0) is 9.63 Å². The van der Waals surface area contributed by atoms with E-state index in [0.29, 0.717) is 6.54 Å². The molecule has 4 nitrogen and oxygen atoms in total. The minimum absolute atomic E-state index is 0.0118. The van der Waals surface area contributed by atoms with Crippen molar-refractivity contribution in [2.45, 2.75) is 39.2 Å². The summed E-state index contributed by atoms with van der Waals surface area (Å²) < 4.78 is 0. The molecule has 0 spiro atoms. The number of benzene rings is 1. The van der Waals surface area contributed by atoms with Gasteiger partial charge in [-0.1, -0.05) is 29.4 Å². The summed E-state index contributed by atoms with van der Waals surface area (Å²) in [5, 5.41) is 4.23. The van der Waals surface area contributed by atoms with Gasteiger partial charge in [-0.15, -0.1) is 0 Å². The van der Waals surface area contributed by atoms with E-state index in [2.05, 4.69) is 24.2 Å². The average molecular weight is 286 g/mol. The molecule has 0 aromatic heterocycles. The summed E-state index contributed by atoms with van der Waals surface area (Å²) in [5.74, 6) is 0.550. The van der Waals surface area contributed by atoms with Crippen molar-refractivity contribution < 1.29 is 9.63 Å². The van der Waals surface area contributed by atoms with Gasteiger partial charge in [-0.3, -0.25) is 4.79 Å². The minimum atomic E-state index is -0.0118. The van der Waals surface area contributed by atoms with Crippen molar-refractivity contribution in [1.29, 1.82) is 0 Å². The molecular weight excluding hydrogens is 264 g/mol. The zero-order valence-electron chi connectivity index (χ0n) is 12.7. The van der Waals surface area contributed by atoms with Crippen molar-refractivity contribution in [3.8, 4) is 0 Å². The summed E-state index contributed by atoms with van der Waals surface area (Å²) in [4.78, 5) is 19.6. The molecule has 1 aliphatic carbocycles. The number of carbonyl (C=O) groups is 1. The number of oxime groups is 1. The van der Waals surface area contributed by atoms with Crippen LogP contribution in [0.4, 0.5) is 0 Å². The lowest BCUT2D eigenvalue weighted by Gasteiger charge is -2.23. The van der Waals surface area contributed by atoms with E-state index in [1.807, 2.05) is 24.0 Å². The smallest absolute Gasteiger partial charge is 0.225 e. The molecule has 1 atom stereocenters. The Morgan fingerprint density at radius 2 is 2.14 bits per heavy atom. The molecular formula is C17H22N2O2. The lowest BCUT2D eigenvalue weighted by atomic mass is 10.0. The number of hydrogen-bond acceptors (Lipinski definition) is 3. The molecule has 3 rings (SSSR count). The summed E-state index contributed by atoms with van der Waals surface area (Å²) in [6, 6.07) is 8.21. The Hall–Kier alpha value is -1.84. The lowest BCUT2D eigenvalue weighted by Crippen LogP contribution is -2.38.